The van der Waals surface area contributed by atoms with Crippen LogP contribution in [0.5, 0.6) is 5.88 Å². The third kappa shape index (κ3) is 3.82. The number of aliphatic hydroxyl groups excluding tert-OH is 1. The van der Waals surface area contributed by atoms with E-state index in [9.17, 15) is 5.11 Å². The van der Waals surface area contributed by atoms with E-state index < -0.39 is 6.10 Å². The van der Waals surface area contributed by atoms with Crippen molar-refractivity contribution >= 4 is 21.6 Å². The highest BCUT2D eigenvalue weighted by Gasteiger charge is 2.37. The van der Waals surface area contributed by atoms with Crippen LogP contribution >= 0.6 is 11.3 Å². The number of thiophene rings is 1. The summed E-state index contributed by atoms with van der Waals surface area (Å²) in [5.41, 5.74) is 1.62. The zero-order valence-corrected chi connectivity index (χ0v) is 18.7. The predicted molar refractivity (Wildman–Crippen MR) is 119 cm³/mol. The quantitative estimate of drug-likeness (QED) is 0.665. The second-order valence-electron chi connectivity index (χ2n) is 8.86. The summed E-state index contributed by atoms with van der Waals surface area (Å²) in [7, 11) is 4.40. The van der Waals surface area contributed by atoms with Gasteiger partial charge in [-0.2, -0.15) is 0 Å². The van der Waals surface area contributed by atoms with Crippen molar-refractivity contribution in [3.8, 4) is 5.88 Å². The van der Waals surface area contributed by atoms with Gasteiger partial charge in [0, 0.05) is 10.4 Å². The molecule has 29 heavy (non-hydrogen) atoms. The van der Waals surface area contributed by atoms with Gasteiger partial charge < -0.3 is 14.7 Å². The number of aryl methyl sites for hydroxylation is 1. The van der Waals surface area contributed by atoms with E-state index in [1.54, 1.807) is 23.7 Å². The third-order valence-corrected chi connectivity index (χ3v) is 8.42. The number of nitrogens with zero attached hydrogens (tertiary/aromatic N) is 3. The summed E-state index contributed by atoms with van der Waals surface area (Å²) in [6, 6.07) is 0. The maximum absolute atomic E-state index is 10.1. The average molecular weight is 416 g/mol. The average Bonchev–Trinajstić information content (AvgIpc) is 3.28. The molecule has 2 aliphatic carbocycles. The largest absolute Gasteiger partial charge is 0.474 e. The fourth-order valence-corrected chi connectivity index (χ4v) is 6.51. The number of aromatic nitrogens is 2. The number of aliphatic hydroxyl groups is 1. The predicted octanol–water partition coefficient (Wildman–Crippen LogP) is 4.69. The smallest absolute Gasteiger partial charge is 0.225 e. The van der Waals surface area contributed by atoms with Crippen molar-refractivity contribution in [2.75, 3.05) is 14.1 Å². The van der Waals surface area contributed by atoms with Crippen LogP contribution in [0.25, 0.3) is 10.2 Å². The van der Waals surface area contributed by atoms with Crippen molar-refractivity contribution in [3.05, 3.63) is 29.4 Å². The molecular weight excluding hydrogens is 382 g/mol. The Morgan fingerprint density at radius 1 is 1.34 bits per heavy atom. The molecule has 2 aromatic heterocycles. The molecular formula is C23H33N3O2S. The van der Waals surface area contributed by atoms with E-state index in [-0.39, 0.29) is 6.10 Å². The zero-order chi connectivity index (χ0) is 20.6. The van der Waals surface area contributed by atoms with Crippen LogP contribution in [-0.4, -0.2) is 51.8 Å². The molecule has 0 amide bonds. The van der Waals surface area contributed by atoms with Crippen molar-refractivity contribution < 1.29 is 9.84 Å². The molecule has 0 unspecified atom stereocenters. The minimum absolute atomic E-state index is 0.210. The van der Waals surface area contributed by atoms with Gasteiger partial charge >= 0.3 is 0 Å². The zero-order valence-electron chi connectivity index (χ0n) is 17.9. The van der Waals surface area contributed by atoms with Gasteiger partial charge in [0.15, 0.2) is 0 Å². The SMILES string of the molecule is C=C[C@H](O)C[C@H]1CCc2sc3ncnc(O[C@H]4CC[C@](CC)(N(C)C)CC4)c3c21. The van der Waals surface area contributed by atoms with Crippen LogP contribution in [0.1, 0.15) is 68.2 Å². The number of hydrogen-bond acceptors (Lipinski definition) is 6. The molecule has 0 spiro atoms. The van der Waals surface area contributed by atoms with Crippen LogP contribution in [0.2, 0.25) is 0 Å². The van der Waals surface area contributed by atoms with Gasteiger partial charge in [0.05, 0.1) is 11.5 Å². The lowest BCUT2D eigenvalue weighted by atomic mass is 9.77. The summed E-state index contributed by atoms with van der Waals surface area (Å²) in [4.78, 5) is 13.9. The first kappa shape index (κ1) is 20.8. The van der Waals surface area contributed by atoms with Crippen molar-refractivity contribution in [3.63, 3.8) is 0 Å². The van der Waals surface area contributed by atoms with E-state index in [2.05, 4.69) is 42.5 Å². The lowest BCUT2D eigenvalue weighted by Crippen LogP contribution is -2.48. The molecule has 1 fully saturated rings. The Labute approximate surface area is 177 Å². The van der Waals surface area contributed by atoms with E-state index in [1.807, 2.05) is 0 Å². The Bertz CT molecular complexity index is 870. The van der Waals surface area contributed by atoms with Gasteiger partial charge in [-0.25, -0.2) is 9.97 Å². The highest BCUT2D eigenvalue weighted by molar-refractivity contribution is 7.19. The van der Waals surface area contributed by atoms with Gasteiger partial charge in [-0.1, -0.05) is 13.0 Å². The molecule has 1 N–H and O–H groups in total. The fourth-order valence-electron chi connectivity index (χ4n) is 5.27. The maximum Gasteiger partial charge on any atom is 0.225 e. The topological polar surface area (TPSA) is 58.5 Å². The normalized spacial score (nSPS) is 27.9. The summed E-state index contributed by atoms with van der Waals surface area (Å²) in [6.07, 6.45) is 11.4. The van der Waals surface area contributed by atoms with Crippen molar-refractivity contribution in [1.82, 2.24) is 14.9 Å². The highest BCUT2D eigenvalue weighted by Crippen LogP contribution is 2.48. The van der Waals surface area contributed by atoms with Crippen LogP contribution in [0.4, 0.5) is 0 Å². The Kier molecular flexibility index (Phi) is 5.96. The second kappa shape index (κ2) is 8.32. The summed E-state index contributed by atoms with van der Waals surface area (Å²) in [6.45, 7) is 6.03. The Morgan fingerprint density at radius 2 is 2.10 bits per heavy atom. The number of ether oxygens (including phenoxy) is 1. The van der Waals surface area contributed by atoms with E-state index in [0.717, 1.165) is 54.6 Å². The third-order valence-electron chi connectivity index (χ3n) is 7.24. The summed E-state index contributed by atoms with van der Waals surface area (Å²) in [5, 5.41) is 11.2. The van der Waals surface area contributed by atoms with Crippen LogP contribution < -0.4 is 4.74 Å². The molecule has 6 heteroatoms. The van der Waals surface area contributed by atoms with E-state index in [0.29, 0.717) is 17.9 Å². The summed E-state index contributed by atoms with van der Waals surface area (Å²) in [5.74, 6) is 1.07. The Hall–Kier alpha value is -1.50. The molecule has 0 aromatic carbocycles. The van der Waals surface area contributed by atoms with Crippen molar-refractivity contribution in [2.24, 2.45) is 0 Å². The molecule has 158 valence electrons. The van der Waals surface area contributed by atoms with Crippen LogP contribution in [-0.2, 0) is 6.42 Å². The molecule has 0 bridgehead atoms. The standard InChI is InChI=1S/C23H33N3O2S/c1-5-16(27)13-15-7-8-18-19(15)20-21(24-14-25-22(20)29-18)28-17-9-11-23(6-2,12-10-17)26(3)4/h5,14-17,27H,1,6-13H2,2-4H3/t15-,16+,17-,23-/m1/s1. The first-order valence-electron chi connectivity index (χ1n) is 10.9. The second-order valence-corrected chi connectivity index (χ2v) is 9.95. The first-order valence-corrected chi connectivity index (χ1v) is 11.7. The first-order chi connectivity index (χ1) is 14.0. The molecule has 0 aliphatic heterocycles. The molecule has 5 nitrogen and oxygen atoms in total. The minimum atomic E-state index is -0.471. The van der Waals surface area contributed by atoms with E-state index >= 15 is 0 Å². The molecule has 2 atom stereocenters. The number of fused-ring (bicyclic) bond motifs is 3. The fraction of sp³-hybridized carbons (Fsp3) is 0.652. The minimum Gasteiger partial charge on any atom is -0.474 e. The Balaban J connectivity index is 1.57. The summed E-state index contributed by atoms with van der Waals surface area (Å²) < 4.78 is 6.50. The molecule has 4 rings (SSSR count). The highest BCUT2D eigenvalue weighted by atomic mass is 32.1. The lowest BCUT2D eigenvalue weighted by Gasteiger charge is -2.44. The van der Waals surface area contributed by atoms with Gasteiger partial charge in [0.1, 0.15) is 17.3 Å². The molecule has 0 saturated heterocycles. The van der Waals surface area contributed by atoms with Crippen LogP contribution in [0.15, 0.2) is 19.0 Å². The van der Waals surface area contributed by atoms with Gasteiger partial charge in [-0.3, -0.25) is 0 Å². The Morgan fingerprint density at radius 3 is 2.76 bits per heavy atom. The van der Waals surface area contributed by atoms with Crippen molar-refractivity contribution in [1.29, 1.82) is 0 Å². The van der Waals surface area contributed by atoms with Gasteiger partial charge in [0.25, 0.3) is 0 Å². The number of rotatable bonds is 7. The van der Waals surface area contributed by atoms with Gasteiger partial charge in [-0.05, 0) is 76.9 Å². The van der Waals surface area contributed by atoms with Crippen LogP contribution in [0.3, 0.4) is 0 Å². The van der Waals surface area contributed by atoms with Gasteiger partial charge in [-0.15, -0.1) is 17.9 Å². The lowest BCUT2D eigenvalue weighted by molar-refractivity contribution is 0.0402. The van der Waals surface area contributed by atoms with E-state index in [1.165, 1.54) is 16.9 Å². The maximum atomic E-state index is 10.1. The molecule has 1 saturated carbocycles. The molecule has 2 heterocycles. The number of hydrogen-bond donors (Lipinski definition) is 1. The molecule has 2 aromatic rings. The monoisotopic (exact) mass is 415 g/mol. The van der Waals surface area contributed by atoms with Gasteiger partial charge in [0.2, 0.25) is 5.88 Å². The van der Waals surface area contributed by atoms with Crippen LogP contribution in [0, 0.1) is 0 Å². The molecule has 2 aliphatic rings. The summed E-state index contributed by atoms with van der Waals surface area (Å²) >= 11 is 1.76. The van der Waals surface area contributed by atoms with Crippen molar-refractivity contribution in [2.45, 2.75) is 82.0 Å². The van der Waals surface area contributed by atoms with E-state index in [4.69, 9.17) is 4.74 Å². The molecule has 0 radical (unpaired) electrons.